The van der Waals surface area contributed by atoms with Crippen molar-refractivity contribution in [1.29, 1.82) is 0 Å². The molecule has 1 atom stereocenters. The summed E-state index contributed by atoms with van der Waals surface area (Å²) in [6, 6.07) is 0.549. The second kappa shape index (κ2) is 4.65. The fraction of sp³-hybridized carbons (Fsp3) is 0.636. The highest BCUT2D eigenvalue weighted by Crippen LogP contribution is 2.21. The first kappa shape index (κ1) is 11.1. The van der Waals surface area contributed by atoms with Crippen LogP contribution in [0.1, 0.15) is 13.8 Å². The number of nitrogens with two attached hydrogens (primary N) is 1. The molecule has 2 N–H and O–H groups in total. The Morgan fingerprint density at radius 3 is 2.94 bits per heavy atom. The van der Waals surface area contributed by atoms with Gasteiger partial charge in [-0.1, -0.05) is 6.92 Å². The predicted molar refractivity (Wildman–Crippen MR) is 65.4 cm³/mol. The van der Waals surface area contributed by atoms with Crippen molar-refractivity contribution in [3.8, 4) is 0 Å². The zero-order valence-electron chi connectivity index (χ0n) is 9.93. The Kier molecular flexibility index (Phi) is 3.24. The maximum Gasteiger partial charge on any atom is 0.155 e. The molecule has 1 saturated heterocycles. The summed E-state index contributed by atoms with van der Waals surface area (Å²) in [5, 5.41) is 0. The van der Waals surface area contributed by atoms with Crippen LogP contribution in [0, 0.1) is 0 Å². The average Bonchev–Trinajstić information content (AvgIpc) is 2.29. The largest absolute Gasteiger partial charge is 0.394 e. The number of nitrogens with zero attached hydrogens (tertiary/aromatic N) is 4. The van der Waals surface area contributed by atoms with Crippen LogP contribution in [-0.2, 0) is 0 Å². The normalized spacial score (nSPS) is 22.4. The van der Waals surface area contributed by atoms with Gasteiger partial charge in [-0.3, -0.25) is 4.90 Å². The molecule has 1 aromatic rings. The summed E-state index contributed by atoms with van der Waals surface area (Å²) in [6.07, 6.45) is 3.22. The molecule has 0 aromatic carbocycles. The lowest BCUT2D eigenvalue weighted by Gasteiger charge is -2.40. The molecule has 0 radical (unpaired) electrons. The molecular formula is C11H19N5. The van der Waals surface area contributed by atoms with Crippen LogP contribution in [0.3, 0.4) is 0 Å². The first-order valence-electron chi connectivity index (χ1n) is 5.76. The third-order valence-electron chi connectivity index (χ3n) is 3.19. The van der Waals surface area contributed by atoms with E-state index < -0.39 is 0 Å². The van der Waals surface area contributed by atoms with Crippen LogP contribution >= 0.6 is 0 Å². The summed E-state index contributed by atoms with van der Waals surface area (Å²) < 4.78 is 0. The summed E-state index contributed by atoms with van der Waals surface area (Å²) in [7, 11) is 0. The molecule has 5 heteroatoms. The topological polar surface area (TPSA) is 58.3 Å². The number of anilines is 2. The quantitative estimate of drug-likeness (QED) is 0.792. The standard InChI is InChI=1S/C11H19N5/c1-3-15-4-5-16(7-9(15)2)11-10(12)6-13-8-14-11/h6,8-9H,3-5,7,12H2,1-2H3. The minimum Gasteiger partial charge on any atom is -0.394 e. The molecule has 1 aliphatic heterocycles. The molecule has 5 nitrogen and oxygen atoms in total. The smallest absolute Gasteiger partial charge is 0.155 e. The zero-order valence-corrected chi connectivity index (χ0v) is 9.93. The Balaban J connectivity index is 2.11. The minimum absolute atomic E-state index is 0.549. The molecule has 88 valence electrons. The van der Waals surface area contributed by atoms with E-state index in [2.05, 4.69) is 33.6 Å². The number of aromatic nitrogens is 2. The molecule has 0 amide bonds. The summed E-state index contributed by atoms with van der Waals surface area (Å²) in [5.41, 5.74) is 6.55. The van der Waals surface area contributed by atoms with Crippen molar-refractivity contribution < 1.29 is 0 Å². The number of rotatable bonds is 2. The molecule has 0 saturated carbocycles. The van der Waals surface area contributed by atoms with E-state index in [0.717, 1.165) is 32.0 Å². The summed E-state index contributed by atoms with van der Waals surface area (Å²) >= 11 is 0. The lowest BCUT2D eigenvalue weighted by atomic mass is 10.2. The molecule has 2 rings (SSSR count). The zero-order chi connectivity index (χ0) is 11.5. The van der Waals surface area contributed by atoms with Crippen LogP contribution in [0.2, 0.25) is 0 Å². The van der Waals surface area contributed by atoms with Crippen LogP contribution in [-0.4, -0.2) is 47.1 Å². The molecule has 1 unspecified atom stereocenters. The van der Waals surface area contributed by atoms with Crippen LogP contribution in [0.15, 0.2) is 12.5 Å². The molecule has 1 aromatic heterocycles. The fourth-order valence-corrected chi connectivity index (χ4v) is 2.26. The molecule has 1 aliphatic rings. The predicted octanol–water partition coefficient (Wildman–Crippen LogP) is 0.589. The second-order valence-electron chi connectivity index (χ2n) is 4.23. The van der Waals surface area contributed by atoms with E-state index in [4.69, 9.17) is 5.73 Å². The van der Waals surface area contributed by atoms with Gasteiger partial charge in [-0.05, 0) is 13.5 Å². The van der Waals surface area contributed by atoms with Gasteiger partial charge in [0.25, 0.3) is 0 Å². The monoisotopic (exact) mass is 221 g/mol. The van der Waals surface area contributed by atoms with Gasteiger partial charge in [-0.15, -0.1) is 0 Å². The molecule has 1 fully saturated rings. The number of likely N-dealkylation sites (N-methyl/N-ethyl adjacent to an activating group) is 1. The maximum atomic E-state index is 5.88. The van der Waals surface area contributed by atoms with Gasteiger partial charge in [0.1, 0.15) is 6.33 Å². The van der Waals surface area contributed by atoms with E-state index in [0.29, 0.717) is 11.7 Å². The van der Waals surface area contributed by atoms with Crippen molar-refractivity contribution in [2.24, 2.45) is 0 Å². The van der Waals surface area contributed by atoms with Gasteiger partial charge >= 0.3 is 0 Å². The van der Waals surface area contributed by atoms with E-state index in [-0.39, 0.29) is 0 Å². The molecule has 0 aliphatic carbocycles. The van der Waals surface area contributed by atoms with Crippen LogP contribution in [0.25, 0.3) is 0 Å². The van der Waals surface area contributed by atoms with Gasteiger partial charge in [-0.25, -0.2) is 9.97 Å². The van der Waals surface area contributed by atoms with Crippen molar-refractivity contribution in [3.63, 3.8) is 0 Å². The lowest BCUT2D eigenvalue weighted by Crippen LogP contribution is -2.52. The first-order chi connectivity index (χ1) is 7.72. The van der Waals surface area contributed by atoms with E-state index in [1.165, 1.54) is 0 Å². The third-order valence-corrected chi connectivity index (χ3v) is 3.19. The van der Waals surface area contributed by atoms with Gasteiger partial charge in [0.05, 0.1) is 11.9 Å². The minimum atomic E-state index is 0.549. The molecular weight excluding hydrogens is 202 g/mol. The van der Waals surface area contributed by atoms with Gasteiger partial charge < -0.3 is 10.6 Å². The Morgan fingerprint density at radius 2 is 2.31 bits per heavy atom. The number of hydrogen-bond acceptors (Lipinski definition) is 5. The Bertz CT molecular complexity index is 354. The number of hydrogen-bond donors (Lipinski definition) is 1. The highest BCUT2D eigenvalue weighted by atomic mass is 15.3. The van der Waals surface area contributed by atoms with E-state index in [1.54, 1.807) is 12.5 Å². The molecule has 2 heterocycles. The van der Waals surface area contributed by atoms with Crippen molar-refractivity contribution >= 4 is 11.5 Å². The van der Waals surface area contributed by atoms with Crippen LogP contribution in [0.4, 0.5) is 11.5 Å². The average molecular weight is 221 g/mol. The van der Waals surface area contributed by atoms with Gasteiger partial charge in [-0.2, -0.15) is 0 Å². The summed E-state index contributed by atoms with van der Waals surface area (Å²) in [5.74, 6) is 0.873. The van der Waals surface area contributed by atoms with E-state index in [9.17, 15) is 0 Å². The Labute approximate surface area is 96.3 Å². The van der Waals surface area contributed by atoms with Crippen molar-refractivity contribution in [1.82, 2.24) is 14.9 Å². The first-order valence-corrected chi connectivity index (χ1v) is 5.76. The second-order valence-corrected chi connectivity index (χ2v) is 4.23. The Hall–Kier alpha value is -1.36. The lowest BCUT2D eigenvalue weighted by molar-refractivity contribution is 0.199. The van der Waals surface area contributed by atoms with Crippen molar-refractivity contribution in [2.75, 3.05) is 36.8 Å². The van der Waals surface area contributed by atoms with Crippen molar-refractivity contribution in [2.45, 2.75) is 19.9 Å². The van der Waals surface area contributed by atoms with Gasteiger partial charge in [0, 0.05) is 25.7 Å². The van der Waals surface area contributed by atoms with E-state index >= 15 is 0 Å². The summed E-state index contributed by atoms with van der Waals surface area (Å²) in [4.78, 5) is 12.9. The highest BCUT2D eigenvalue weighted by Gasteiger charge is 2.24. The molecule has 16 heavy (non-hydrogen) atoms. The third kappa shape index (κ3) is 2.09. The van der Waals surface area contributed by atoms with Crippen molar-refractivity contribution in [3.05, 3.63) is 12.5 Å². The van der Waals surface area contributed by atoms with Crippen LogP contribution in [0.5, 0.6) is 0 Å². The Morgan fingerprint density at radius 1 is 1.50 bits per heavy atom. The van der Waals surface area contributed by atoms with Gasteiger partial charge in [0.15, 0.2) is 5.82 Å². The fourth-order valence-electron chi connectivity index (χ4n) is 2.26. The van der Waals surface area contributed by atoms with Crippen LogP contribution < -0.4 is 10.6 Å². The van der Waals surface area contributed by atoms with E-state index in [1.807, 2.05) is 0 Å². The van der Waals surface area contributed by atoms with Gasteiger partial charge in [0.2, 0.25) is 0 Å². The molecule has 0 spiro atoms. The molecule has 0 bridgehead atoms. The number of piperazine rings is 1. The maximum absolute atomic E-state index is 5.88. The SMILES string of the molecule is CCN1CCN(c2ncncc2N)CC1C. The summed E-state index contributed by atoms with van der Waals surface area (Å²) in [6.45, 7) is 8.59. The highest BCUT2D eigenvalue weighted by molar-refractivity contribution is 5.61. The number of nitrogen functional groups attached to an aromatic ring is 1.